The lowest BCUT2D eigenvalue weighted by Crippen LogP contribution is -2.03. The van der Waals surface area contributed by atoms with Gasteiger partial charge in [-0.25, -0.2) is 0 Å². The highest BCUT2D eigenvalue weighted by Gasteiger charge is 1.85. The number of aliphatic imine (C=N–C) groups is 1. The fourth-order valence-electron chi connectivity index (χ4n) is 1.16. The van der Waals surface area contributed by atoms with Crippen molar-refractivity contribution >= 4 is 6.21 Å². The summed E-state index contributed by atoms with van der Waals surface area (Å²) in [5.41, 5.74) is 6.40. The minimum absolute atomic E-state index is 0.798. The van der Waals surface area contributed by atoms with Crippen LogP contribution in [0.4, 0.5) is 0 Å². The second-order valence-electron chi connectivity index (χ2n) is 3.18. The van der Waals surface area contributed by atoms with Crippen molar-refractivity contribution in [2.45, 2.75) is 13.0 Å². The first-order valence-corrected chi connectivity index (χ1v) is 5.24. The summed E-state index contributed by atoms with van der Waals surface area (Å²) in [4.78, 5) is 3.94. The van der Waals surface area contributed by atoms with Crippen LogP contribution in [0.15, 0.2) is 60.0 Å². The van der Waals surface area contributed by atoms with Crippen molar-refractivity contribution in [2.75, 3.05) is 0 Å². The molecule has 0 atom stereocenters. The van der Waals surface area contributed by atoms with Crippen LogP contribution >= 0.6 is 0 Å². The third-order valence-corrected chi connectivity index (χ3v) is 1.90. The molecule has 0 radical (unpaired) electrons. The lowest BCUT2D eigenvalue weighted by Gasteiger charge is -1.99. The monoisotopic (exact) mass is 215 g/mol. The number of nitrogens with zero attached hydrogens (tertiary/aromatic N) is 1. The molecule has 1 rings (SSSR count). The Kier molecular flexibility index (Phi) is 6.24. The van der Waals surface area contributed by atoms with Gasteiger partial charge < -0.3 is 11.1 Å². The Morgan fingerprint density at radius 1 is 1.25 bits per heavy atom. The number of nitrogens with two attached hydrogens (primary N) is 1. The highest BCUT2D eigenvalue weighted by Crippen LogP contribution is 1.96. The summed E-state index contributed by atoms with van der Waals surface area (Å²) in [5, 5.41) is 3.21. The van der Waals surface area contributed by atoms with Crippen molar-refractivity contribution in [3.63, 3.8) is 0 Å². The van der Waals surface area contributed by atoms with Crippen molar-refractivity contribution in [3.8, 4) is 0 Å². The zero-order valence-electron chi connectivity index (χ0n) is 9.21. The molecule has 0 heterocycles. The van der Waals surface area contributed by atoms with Crippen LogP contribution in [-0.2, 0) is 6.54 Å². The summed E-state index contributed by atoms with van der Waals surface area (Å²) in [6.45, 7) is 0.844. The fraction of sp³-hybridized carbons (Fsp3) is 0.154. The molecule has 0 unspecified atom stereocenters. The van der Waals surface area contributed by atoms with E-state index >= 15 is 0 Å². The molecule has 0 saturated carbocycles. The molecule has 84 valence electrons. The summed E-state index contributed by atoms with van der Waals surface area (Å²) in [5.74, 6) is 0. The molecular formula is C13H17N3. The van der Waals surface area contributed by atoms with Gasteiger partial charge in [-0.3, -0.25) is 4.99 Å². The predicted octanol–water partition coefficient (Wildman–Crippen LogP) is 2.18. The van der Waals surface area contributed by atoms with Crippen LogP contribution in [0.1, 0.15) is 12.0 Å². The number of hydrogen-bond acceptors (Lipinski definition) is 3. The van der Waals surface area contributed by atoms with Gasteiger partial charge in [0.2, 0.25) is 0 Å². The number of hydrogen-bond donors (Lipinski definition) is 2. The first-order chi connectivity index (χ1) is 7.93. The molecule has 0 aliphatic heterocycles. The first-order valence-electron chi connectivity index (χ1n) is 5.24. The van der Waals surface area contributed by atoms with Crippen molar-refractivity contribution in [3.05, 3.63) is 60.6 Å². The zero-order valence-corrected chi connectivity index (χ0v) is 9.21. The molecule has 3 N–H and O–H groups in total. The van der Waals surface area contributed by atoms with Gasteiger partial charge in [-0.15, -0.1) is 0 Å². The van der Waals surface area contributed by atoms with E-state index < -0.39 is 0 Å². The molecule has 0 aromatic heterocycles. The van der Waals surface area contributed by atoms with Gasteiger partial charge in [-0.1, -0.05) is 36.4 Å². The van der Waals surface area contributed by atoms with E-state index in [1.165, 1.54) is 11.8 Å². The van der Waals surface area contributed by atoms with Crippen LogP contribution in [0.25, 0.3) is 0 Å². The second kappa shape index (κ2) is 8.29. The minimum atomic E-state index is 0.798. The Morgan fingerprint density at radius 2 is 2.06 bits per heavy atom. The summed E-state index contributed by atoms with van der Waals surface area (Å²) < 4.78 is 0. The summed E-state index contributed by atoms with van der Waals surface area (Å²) >= 11 is 0. The van der Waals surface area contributed by atoms with Crippen LogP contribution in [-0.4, -0.2) is 6.21 Å². The van der Waals surface area contributed by atoms with E-state index in [1.54, 1.807) is 12.4 Å². The Morgan fingerprint density at radius 3 is 2.81 bits per heavy atom. The van der Waals surface area contributed by atoms with Crippen LogP contribution in [0.3, 0.4) is 0 Å². The Hall–Kier alpha value is -2.03. The Bertz CT molecular complexity index is 353. The van der Waals surface area contributed by atoms with E-state index in [4.69, 9.17) is 5.73 Å². The van der Waals surface area contributed by atoms with Crippen molar-refractivity contribution in [2.24, 2.45) is 10.7 Å². The summed E-state index contributed by atoms with van der Waals surface area (Å²) in [7, 11) is 0. The standard InChI is InChI=1S/C13H17N3/c14-8-11-15-9-4-5-10-16-12-13-6-2-1-3-7-13/h1-3,5-11,16H,4,12,14H2/b10-5+,11-8-,15-9?. The van der Waals surface area contributed by atoms with Gasteiger partial charge in [-0.05, 0) is 11.8 Å². The van der Waals surface area contributed by atoms with E-state index in [0.29, 0.717) is 0 Å². The molecule has 0 saturated heterocycles. The predicted molar refractivity (Wildman–Crippen MR) is 68.9 cm³/mol. The van der Waals surface area contributed by atoms with Crippen molar-refractivity contribution < 1.29 is 0 Å². The highest BCUT2D eigenvalue weighted by atomic mass is 14.8. The van der Waals surface area contributed by atoms with Gasteiger partial charge in [0, 0.05) is 31.6 Å². The number of benzene rings is 1. The average molecular weight is 215 g/mol. The number of allylic oxidation sites excluding steroid dienone is 1. The fourth-order valence-corrected chi connectivity index (χ4v) is 1.16. The van der Waals surface area contributed by atoms with Gasteiger partial charge in [-0.2, -0.15) is 0 Å². The second-order valence-corrected chi connectivity index (χ2v) is 3.18. The molecular weight excluding hydrogens is 198 g/mol. The van der Waals surface area contributed by atoms with Gasteiger partial charge in [0.15, 0.2) is 0 Å². The normalized spacial score (nSPS) is 11.8. The quantitative estimate of drug-likeness (QED) is 0.715. The van der Waals surface area contributed by atoms with E-state index in [9.17, 15) is 0 Å². The lowest BCUT2D eigenvalue weighted by molar-refractivity contribution is 0.867. The molecule has 0 aliphatic carbocycles. The number of rotatable bonds is 6. The topological polar surface area (TPSA) is 50.4 Å². The van der Waals surface area contributed by atoms with Gasteiger partial charge in [0.1, 0.15) is 0 Å². The molecule has 0 aliphatic rings. The van der Waals surface area contributed by atoms with Crippen molar-refractivity contribution in [1.29, 1.82) is 0 Å². The van der Waals surface area contributed by atoms with Gasteiger partial charge in [0.05, 0.1) is 0 Å². The molecule has 3 heteroatoms. The van der Waals surface area contributed by atoms with E-state index in [2.05, 4.69) is 22.4 Å². The molecule has 0 spiro atoms. The number of nitrogens with one attached hydrogen (secondary N) is 1. The minimum Gasteiger partial charge on any atom is -0.403 e. The maximum Gasteiger partial charge on any atom is 0.0418 e. The molecule has 1 aromatic rings. The summed E-state index contributed by atoms with van der Waals surface area (Å²) in [6.07, 6.45) is 9.51. The zero-order chi connectivity index (χ0) is 11.5. The average Bonchev–Trinajstić information content (AvgIpc) is 2.34. The maximum atomic E-state index is 5.13. The van der Waals surface area contributed by atoms with Gasteiger partial charge >= 0.3 is 0 Å². The lowest BCUT2D eigenvalue weighted by atomic mass is 10.2. The molecule has 1 aromatic carbocycles. The Balaban J connectivity index is 2.13. The smallest absolute Gasteiger partial charge is 0.0418 e. The van der Waals surface area contributed by atoms with E-state index in [0.717, 1.165) is 13.0 Å². The maximum absolute atomic E-state index is 5.13. The molecule has 0 bridgehead atoms. The van der Waals surface area contributed by atoms with Crippen LogP contribution < -0.4 is 11.1 Å². The highest BCUT2D eigenvalue weighted by molar-refractivity contribution is 5.60. The summed E-state index contributed by atoms with van der Waals surface area (Å²) in [6, 6.07) is 10.3. The Labute approximate surface area is 96.4 Å². The third-order valence-electron chi connectivity index (χ3n) is 1.90. The van der Waals surface area contributed by atoms with Crippen LogP contribution in [0.2, 0.25) is 0 Å². The van der Waals surface area contributed by atoms with E-state index in [1.807, 2.05) is 30.5 Å². The molecule has 16 heavy (non-hydrogen) atoms. The SMILES string of the molecule is N/C=C\N=CC/C=C/NCc1ccccc1. The third kappa shape index (κ3) is 5.65. The largest absolute Gasteiger partial charge is 0.403 e. The van der Waals surface area contributed by atoms with Gasteiger partial charge in [0.25, 0.3) is 0 Å². The van der Waals surface area contributed by atoms with Crippen molar-refractivity contribution in [1.82, 2.24) is 5.32 Å². The van der Waals surface area contributed by atoms with Crippen LogP contribution in [0.5, 0.6) is 0 Å². The molecule has 3 nitrogen and oxygen atoms in total. The first kappa shape index (κ1) is 12.0. The molecule has 0 fully saturated rings. The van der Waals surface area contributed by atoms with E-state index in [-0.39, 0.29) is 0 Å². The van der Waals surface area contributed by atoms with Crippen LogP contribution in [0, 0.1) is 0 Å². The molecule has 0 amide bonds.